The van der Waals surface area contributed by atoms with Crippen molar-refractivity contribution in [2.75, 3.05) is 19.0 Å². The summed E-state index contributed by atoms with van der Waals surface area (Å²) in [4.78, 5) is 23.2. The molecule has 0 bridgehead atoms. The normalized spacial score (nSPS) is 9.71. The number of hydrogen-bond donors (Lipinski definition) is 1. The van der Waals surface area contributed by atoms with E-state index in [0.717, 1.165) is 0 Å². The summed E-state index contributed by atoms with van der Waals surface area (Å²) in [6, 6.07) is 12.7. The van der Waals surface area contributed by atoms with Crippen LogP contribution in [0.3, 0.4) is 0 Å². The van der Waals surface area contributed by atoms with Crippen molar-refractivity contribution < 1.29 is 19.1 Å². The van der Waals surface area contributed by atoms with Crippen molar-refractivity contribution >= 4 is 29.2 Å². The Morgan fingerprint density at radius 1 is 1.21 bits per heavy atom. The van der Waals surface area contributed by atoms with Crippen LogP contribution in [-0.2, 0) is 9.53 Å². The molecule has 0 atom stereocenters. The zero-order valence-electron chi connectivity index (χ0n) is 12.7. The lowest BCUT2D eigenvalue weighted by molar-refractivity contribution is -0.118. The fourth-order valence-corrected chi connectivity index (χ4v) is 2.03. The highest BCUT2D eigenvalue weighted by Crippen LogP contribution is 2.20. The molecule has 0 spiro atoms. The van der Waals surface area contributed by atoms with Crippen molar-refractivity contribution in [1.29, 1.82) is 5.26 Å². The second kappa shape index (κ2) is 7.99. The van der Waals surface area contributed by atoms with Crippen LogP contribution in [0.2, 0.25) is 5.02 Å². The van der Waals surface area contributed by atoms with Crippen LogP contribution in [0, 0.1) is 11.3 Å². The highest BCUT2D eigenvalue weighted by molar-refractivity contribution is 6.31. The molecule has 24 heavy (non-hydrogen) atoms. The molecule has 0 aliphatic carbocycles. The summed E-state index contributed by atoms with van der Waals surface area (Å²) in [5.74, 6) is -0.473. The summed E-state index contributed by atoms with van der Waals surface area (Å²) >= 11 is 5.85. The molecule has 1 N–H and O–H groups in total. The molecule has 2 rings (SSSR count). The zero-order valence-corrected chi connectivity index (χ0v) is 13.5. The van der Waals surface area contributed by atoms with Gasteiger partial charge in [-0.2, -0.15) is 5.26 Å². The maximum absolute atomic E-state index is 11.9. The first-order chi connectivity index (χ1) is 11.5. The SMILES string of the molecule is COC(=O)c1ccc(OCC(=O)Nc2cc(Cl)ccc2C#N)cc1. The van der Waals surface area contributed by atoms with E-state index in [1.807, 2.05) is 6.07 Å². The lowest BCUT2D eigenvalue weighted by Crippen LogP contribution is -2.20. The summed E-state index contributed by atoms with van der Waals surface area (Å²) in [5, 5.41) is 12.0. The number of anilines is 1. The van der Waals surface area contributed by atoms with E-state index in [1.54, 1.807) is 18.2 Å². The summed E-state index contributed by atoms with van der Waals surface area (Å²) in [6.07, 6.45) is 0. The Bertz CT molecular complexity index is 797. The summed E-state index contributed by atoms with van der Waals surface area (Å²) in [5.41, 5.74) is 1.00. The average Bonchev–Trinajstić information content (AvgIpc) is 2.60. The van der Waals surface area contributed by atoms with E-state index >= 15 is 0 Å². The van der Waals surface area contributed by atoms with Gasteiger partial charge in [-0.3, -0.25) is 4.79 Å². The van der Waals surface area contributed by atoms with Crippen LogP contribution < -0.4 is 10.1 Å². The first kappa shape index (κ1) is 17.3. The molecule has 0 fully saturated rings. The third kappa shape index (κ3) is 4.48. The molecule has 0 aliphatic heterocycles. The number of halogens is 1. The number of hydrogen-bond acceptors (Lipinski definition) is 5. The Balaban J connectivity index is 1.95. The summed E-state index contributed by atoms with van der Waals surface area (Å²) < 4.78 is 9.92. The Morgan fingerprint density at radius 2 is 1.92 bits per heavy atom. The Hall–Kier alpha value is -3.04. The van der Waals surface area contributed by atoms with Gasteiger partial charge in [0.25, 0.3) is 5.91 Å². The molecule has 0 saturated carbocycles. The highest BCUT2D eigenvalue weighted by Gasteiger charge is 2.09. The number of nitrogens with zero attached hydrogens (tertiary/aromatic N) is 1. The van der Waals surface area contributed by atoms with E-state index < -0.39 is 11.9 Å². The molecule has 0 radical (unpaired) electrons. The van der Waals surface area contributed by atoms with Crippen LogP contribution in [-0.4, -0.2) is 25.6 Å². The topological polar surface area (TPSA) is 88.4 Å². The van der Waals surface area contributed by atoms with Gasteiger partial charge >= 0.3 is 5.97 Å². The summed E-state index contributed by atoms with van der Waals surface area (Å²) in [6.45, 7) is -0.255. The lowest BCUT2D eigenvalue weighted by Gasteiger charge is -2.09. The molecule has 0 saturated heterocycles. The number of rotatable bonds is 5. The van der Waals surface area contributed by atoms with Gasteiger partial charge in [0, 0.05) is 5.02 Å². The number of methoxy groups -OCH3 is 1. The van der Waals surface area contributed by atoms with E-state index in [1.165, 1.54) is 31.4 Å². The van der Waals surface area contributed by atoms with E-state index in [2.05, 4.69) is 10.1 Å². The van der Waals surface area contributed by atoms with Crippen LogP contribution in [0.1, 0.15) is 15.9 Å². The molecule has 7 heteroatoms. The molecule has 0 unspecified atom stereocenters. The minimum Gasteiger partial charge on any atom is -0.484 e. The van der Waals surface area contributed by atoms with Gasteiger partial charge in [0.2, 0.25) is 0 Å². The maximum atomic E-state index is 11.9. The third-order valence-corrected chi connectivity index (χ3v) is 3.26. The Kier molecular flexibility index (Phi) is 5.77. The van der Waals surface area contributed by atoms with E-state index in [0.29, 0.717) is 27.6 Å². The largest absolute Gasteiger partial charge is 0.484 e. The number of nitrogens with one attached hydrogen (secondary N) is 1. The number of ether oxygens (including phenoxy) is 2. The number of amides is 1. The number of nitriles is 1. The van der Waals surface area contributed by atoms with Gasteiger partial charge < -0.3 is 14.8 Å². The van der Waals surface area contributed by atoms with Crippen molar-refractivity contribution in [3.63, 3.8) is 0 Å². The van der Waals surface area contributed by atoms with Crippen LogP contribution in [0.5, 0.6) is 5.75 Å². The van der Waals surface area contributed by atoms with E-state index in [4.69, 9.17) is 21.6 Å². The molecule has 0 heterocycles. The fraction of sp³-hybridized carbons (Fsp3) is 0.118. The molecular formula is C17H13ClN2O4. The maximum Gasteiger partial charge on any atom is 0.337 e. The van der Waals surface area contributed by atoms with Crippen LogP contribution in [0.4, 0.5) is 5.69 Å². The quantitative estimate of drug-likeness (QED) is 0.842. The van der Waals surface area contributed by atoms with E-state index in [9.17, 15) is 9.59 Å². The van der Waals surface area contributed by atoms with Crippen molar-refractivity contribution in [2.45, 2.75) is 0 Å². The fourth-order valence-electron chi connectivity index (χ4n) is 1.86. The summed E-state index contributed by atoms with van der Waals surface area (Å²) in [7, 11) is 1.29. The standard InChI is InChI=1S/C17H13ClN2O4/c1-23-17(22)11-3-6-14(7-4-11)24-10-16(21)20-15-8-13(18)5-2-12(15)9-19/h2-8H,10H2,1H3,(H,20,21). The van der Waals surface area contributed by atoms with Crippen molar-refractivity contribution in [1.82, 2.24) is 0 Å². The Morgan fingerprint density at radius 3 is 2.54 bits per heavy atom. The second-order valence-electron chi connectivity index (χ2n) is 4.65. The second-order valence-corrected chi connectivity index (χ2v) is 5.09. The smallest absolute Gasteiger partial charge is 0.337 e. The van der Waals surface area contributed by atoms with E-state index in [-0.39, 0.29) is 6.61 Å². The van der Waals surface area contributed by atoms with Crippen LogP contribution in [0.25, 0.3) is 0 Å². The minimum atomic E-state index is -0.454. The van der Waals surface area contributed by atoms with Gasteiger partial charge in [-0.25, -0.2) is 4.79 Å². The minimum absolute atomic E-state index is 0.255. The van der Waals surface area contributed by atoms with Crippen LogP contribution >= 0.6 is 11.6 Å². The predicted octanol–water partition coefficient (Wildman–Crippen LogP) is 3.02. The Labute approximate surface area is 143 Å². The lowest BCUT2D eigenvalue weighted by atomic mass is 10.2. The molecule has 1 amide bonds. The molecule has 122 valence electrons. The molecular weight excluding hydrogens is 332 g/mol. The van der Waals surface area contributed by atoms with Gasteiger partial charge in [0.15, 0.2) is 6.61 Å². The molecule has 2 aromatic carbocycles. The van der Waals surface area contributed by atoms with Crippen molar-refractivity contribution in [2.24, 2.45) is 0 Å². The van der Waals surface area contributed by atoms with Gasteiger partial charge in [0.05, 0.1) is 23.9 Å². The number of carbonyl (C=O) groups excluding carboxylic acids is 2. The van der Waals surface area contributed by atoms with Gasteiger partial charge in [-0.1, -0.05) is 11.6 Å². The van der Waals surface area contributed by atoms with Crippen molar-refractivity contribution in [3.8, 4) is 11.8 Å². The highest BCUT2D eigenvalue weighted by atomic mass is 35.5. The first-order valence-corrected chi connectivity index (χ1v) is 7.22. The van der Waals surface area contributed by atoms with Gasteiger partial charge in [-0.15, -0.1) is 0 Å². The molecule has 2 aromatic rings. The average molecular weight is 345 g/mol. The molecule has 0 aromatic heterocycles. The number of esters is 1. The van der Waals surface area contributed by atoms with Gasteiger partial charge in [-0.05, 0) is 42.5 Å². The zero-order chi connectivity index (χ0) is 17.5. The van der Waals surface area contributed by atoms with Gasteiger partial charge in [0.1, 0.15) is 11.8 Å². The van der Waals surface area contributed by atoms with Crippen molar-refractivity contribution in [3.05, 3.63) is 58.6 Å². The first-order valence-electron chi connectivity index (χ1n) is 6.84. The predicted molar refractivity (Wildman–Crippen MR) is 88.1 cm³/mol. The third-order valence-electron chi connectivity index (χ3n) is 3.02. The number of carbonyl (C=O) groups is 2. The molecule has 6 nitrogen and oxygen atoms in total. The van der Waals surface area contributed by atoms with Crippen LogP contribution in [0.15, 0.2) is 42.5 Å². The number of benzene rings is 2. The molecule has 0 aliphatic rings. The monoisotopic (exact) mass is 344 g/mol.